The highest BCUT2D eigenvalue weighted by molar-refractivity contribution is 7.19. The fraction of sp³-hybridized carbons (Fsp3) is 0.364. The number of H-pyrrole nitrogens is 1. The highest BCUT2D eigenvalue weighted by Crippen LogP contribution is 2.31. The Kier molecular flexibility index (Phi) is 3.06. The van der Waals surface area contributed by atoms with Crippen molar-refractivity contribution in [3.05, 3.63) is 28.5 Å². The largest absolute Gasteiger partial charge is 0.341 e. The SMILES string of the molecule is CC(C)(CN)c1ncc(-c2ccc(Cl)s2)[nH]1. The molecule has 3 N–H and O–H groups in total. The van der Waals surface area contributed by atoms with Gasteiger partial charge in [-0.25, -0.2) is 4.98 Å². The first kappa shape index (κ1) is 11.6. The zero-order chi connectivity index (χ0) is 11.8. The first-order valence-corrected chi connectivity index (χ1v) is 6.23. The van der Waals surface area contributed by atoms with Crippen LogP contribution in [0, 0.1) is 0 Å². The second-order valence-electron chi connectivity index (χ2n) is 4.34. The van der Waals surface area contributed by atoms with Gasteiger partial charge in [0, 0.05) is 12.0 Å². The molecule has 0 aromatic carbocycles. The van der Waals surface area contributed by atoms with Crippen LogP contribution in [0.3, 0.4) is 0 Å². The number of aromatic nitrogens is 2. The summed E-state index contributed by atoms with van der Waals surface area (Å²) in [5.41, 5.74) is 6.58. The lowest BCUT2D eigenvalue weighted by molar-refractivity contribution is 0.508. The molecule has 86 valence electrons. The van der Waals surface area contributed by atoms with Gasteiger partial charge in [-0.2, -0.15) is 0 Å². The van der Waals surface area contributed by atoms with Crippen molar-refractivity contribution in [2.75, 3.05) is 6.54 Å². The fourth-order valence-corrected chi connectivity index (χ4v) is 2.35. The molecule has 2 aromatic rings. The Hall–Kier alpha value is -0.840. The van der Waals surface area contributed by atoms with Crippen molar-refractivity contribution in [1.82, 2.24) is 9.97 Å². The van der Waals surface area contributed by atoms with Gasteiger partial charge < -0.3 is 10.7 Å². The minimum atomic E-state index is -0.126. The summed E-state index contributed by atoms with van der Waals surface area (Å²) in [4.78, 5) is 8.76. The van der Waals surface area contributed by atoms with Gasteiger partial charge in [0.15, 0.2) is 0 Å². The van der Waals surface area contributed by atoms with Crippen molar-refractivity contribution in [1.29, 1.82) is 0 Å². The lowest BCUT2D eigenvalue weighted by atomic mass is 9.93. The Labute approximate surface area is 104 Å². The average Bonchev–Trinajstić information content (AvgIpc) is 2.85. The molecule has 0 amide bonds. The molecule has 2 heterocycles. The minimum Gasteiger partial charge on any atom is -0.341 e. The molecule has 2 aromatic heterocycles. The third-order valence-corrected chi connectivity index (χ3v) is 3.83. The van der Waals surface area contributed by atoms with Gasteiger partial charge in [-0.1, -0.05) is 25.4 Å². The molecule has 0 spiro atoms. The van der Waals surface area contributed by atoms with E-state index in [4.69, 9.17) is 17.3 Å². The maximum atomic E-state index is 5.90. The quantitative estimate of drug-likeness (QED) is 0.886. The summed E-state index contributed by atoms with van der Waals surface area (Å²) in [5, 5.41) is 0. The number of halogens is 1. The number of nitrogens with zero attached hydrogens (tertiary/aromatic N) is 1. The van der Waals surface area contributed by atoms with E-state index in [9.17, 15) is 0 Å². The van der Waals surface area contributed by atoms with Gasteiger partial charge >= 0.3 is 0 Å². The van der Waals surface area contributed by atoms with Crippen LogP contribution in [0.1, 0.15) is 19.7 Å². The molecule has 0 saturated carbocycles. The fourth-order valence-electron chi connectivity index (χ4n) is 1.35. The van der Waals surface area contributed by atoms with Crippen LogP contribution in [0.5, 0.6) is 0 Å². The molecule has 0 bridgehead atoms. The highest BCUT2D eigenvalue weighted by Gasteiger charge is 2.22. The van der Waals surface area contributed by atoms with Crippen molar-refractivity contribution < 1.29 is 0 Å². The number of thiophene rings is 1. The second kappa shape index (κ2) is 4.20. The number of nitrogens with two attached hydrogens (primary N) is 1. The van der Waals surface area contributed by atoms with Crippen molar-refractivity contribution >= 4 is 22.9 Å². The summed E-state index contributed by atoms with van der Waals surface area (Å²) in [6, 6.07) is 3.87. The smallest absolute Gasteiger partial charge is 0.113 e. The Morgan fingerprint density at radius 3 is 2.81 bits per heavy atom. The van der Waals surface area contributed by atoms with Crippen LogP contribution in [0.4, 0.5) is 0 Å². The normalized spacial score (nSPS) is 12.0. The van der Waals surface area contributed by atoms with Crippen molar-refractivity contribution in [2.45, 2.75) is 19.3 Å². The van der Waals surface area contributed by atoms with Gasteiger partial charge in [-0.15, -0.1) is 11.3 Å². The molecule has 0 aliphatic rings. The van der Waals surface area contributed by atoms with E-state index in [-0.39, 0.29) is 5.41 Å². The molecular formula is C11H14ClN3S. The summed E-state index contributed by atoms with van der Waals surface area (Å²) in [6.45, 7) is 4.69. The Balaban J connectivity index is 2.33. The maximum Gasteiger partial charge on any atom is 0.113 e. The average molecular weight is 256 g/mol. The van der Waals surface area contributed by atoms with E-state index >= 15 is 0 Å². The van der Waals surface area contributed by atoms with Crippen LogP contribution >= 0.6 is 22.9 Å². The number of aromatic amines is 1. The molecule has 0 aliphatic carbocycles. The molecule has 5 heteroatoms. The third kappa shape index (κ3) is 2.14. The standard InChI is InChI=1S/C11H14ClN3S/c1-11(2,6-13)10-14-5-7(15-10)8-3-4-9(12)16-8/h3-5H,6,13H2,1-2H3,(H,14,15). The highest BCUT2D eigenvalue weighted by atomic mass is 35.5. The van der Waals surface area contributed by atoms with Crippen LogP contribution in [0.15, 0.2) is 18.3 Å². The van der Waals surface area contributed by atoms with Gasteiger partial charge in [0.1, 0.15) is 5.82 Å². The van der Waals surface area contributed by atoms with Crippen LogP contribution in [-0.4, -0.2) is 16.5 Å². The molecule has 0 radical (unpaired) electrons. The molecule has 2 rings (SSSR count). The third-order valence-electron chi connectivity index (χ3n) is 2.57. The summed E-state index contributed by atoms with van der Waals surface area (Å²) >= 11 is 7.43. The topological polar surface area (TPSA) is 54.7 Å². The predicted octanol–water partition coefficient (Wildman–Crippen LogP) is 3.03. The van der Waals surface area contributed by atoms with E-state index < -0.39 is 0 Å². The first-order valence-electron chi connectivity index (χ1n) is 5.04. The number of imidazole rings is 1. The molecule has 0 atom stereocenters. The van der Waals surface area contributed by atoms with Gasteiger partial charge in [-0.3, -0.25) is 0 Å². The van der Waals surface area contributed by atoms with Gasteiger partial charge in [-0.05, 0) is 12.1 Å². The minimum absolute atomic E-state index is 0.126. The molecule has 16 heavy (non-hydrogen) atoms. The van der Waals surface area contributed by atoms with Crippen LogP contribution < -0.4 is 5.73 Å². The first-order chi connectivity index (χ1) is 7.53. The van der Waals surface area contributed by atoms with Crippen molar-refractivity contribution in [3.8, 4) is 10.6 Å². The summed E-state index contributed by atoms with van der Waals surface area (Å²) in [5.74, 6) is 0.912. The molecule has 3 nitrogen and oxygen atoms in total. The number of hydrogen-bond acceptors (Lipinski definition) is 3. The molecule has 0 fully saturated rings. The number of nitrogens with one attached hydrogen (secondary N) is 1. The molecule has 0 unspecified atom stereocenters. The van der Waals surface area contributed by atoms with Crippen LogP contribution in [-0.2, 0) is 5.41 Å². The Bertz CT molecular complexity index is 487. The van der Waals surface area contributed by atoms with E-state index in [0.29, 0.717) is 6.54 Å². The van der Waals surface area contributed by atoms with E-state index in [2.05, 4.69) is 23.8 Å². The van der Waals surface area contributed by atoms with Gasteiger partial charge in [0.05, 0.1) is 21.1 Å². The molecular weight excluding hydrogens is 242 g/mol. The predicted molar refractivity (Wildman–Crippen MR) is 69.0 cm³/mol. The lowest BCUT2D eigenvalue weighted by Crippen LogP contribution is -2.29. The molecule has 0 saturated heterocycles. The van der Waals surface area contributed by atoms with E-state index in [1.807, 2.05) is 18.3 Å². The van der Waals surface area contributed by atoms with Crippen LogP contribution in [0.2, 0.25) is 4.34 Å². The number of hydrogen-bond donors (Lipinski definition) is 2. The molecule has 0 aliphatic heterocycles. The van der Waals surface area contributed by atoms with E-state index in [0.717, 1.165) is 20.7 Å². The van der Waals surface area contributed by atoms with Crippen molar-refractivity contribution in [2.24, 2.45) is 5.73 Å². The number of rotatable bonds is 3. The summed E-state index contributed by atoms with van der Waals surface area (Å²) < 4.78 is 0.782. The van der Waals surface area contributed by atoms with Crippen molar-refractivity contribution in [3.63, 3.8) is 0 Å². The van der Waals surface area contributed by atoms with Gasteiger partial charge in [0.25, 0.3) is 0 Å². The second-order valence-corrected chi connectivity index (χ2v) is 6.05. The summed E-state index contributed by atoms with van der Waals surface area (Å²) in [7, 11) is 0. The zero-order valence-electron chi connectivity index (χ0n) is 9.25. The van der Waals surface area contributed by atoms with Crippen LogP contribution in [0.25, 0.3) is 10.6 Å². The lowest BCUT2D eigenvalue weighted by Gasteiger charge is -2.18. The Morgan fingerprint density at radius 1 is 1.50 bits per heavy atom. The van der Waals surface area contributed by atoms with E-state index in [1.165, 1.54) is 11.3 Å². The summed E-state index contributed by atoms with van der Waals surface area (Å²) in [6.07, 6.45) is 1.83. The maximum absolute atomic E-state index is 5.90. The zero-order valence-corrected chi connectivity index (χ0v) is 10.8. The van der Waals surface area contributed by atoms with E-state index in [1.54, 1.807) is 0 Å². The van der Waals surface area contributed by atoms with Gasteiger partial charge in [0.2, 0.25) is 0 Å². The Morgan fingerprint density at radius 2 is 2.25 bits per heavy atom. The monoisotopic (exact) mass is 255 g/mol.